The zero-order valence-electron chi connectivity index (χ0n) is 14.5. The Labute approximate surface area is 152 Å². The summed E-state index contributed by atoms with van der Waals surface area (Å²) in [6.45, 7) is 9.33. The fourth-order valence-electron chi connectivity index (χ4n) is 3.14. The normalized spacial score (nSPS) is 28.6. The van der Waals surface area contributed by atoms with Gasteiger partial charge in [0.25, 0.3) is 0 Å². The fraction of sp³-hybridized carbons (Fsp3) is 0.938. The Morgan fingerprint density at radius 2 is 2.14 bits per heavy atom. The highest BCUT2D eigenvalue weighted by molar-refractivity contribution is 14.0. The van der Waals surface area contributed by atoms with E-state index in [1.54, 1.807) is 0 Å². The van der Waals surface area contributed by atoms with Gasteiger partial charge < -0.3 is 20.3 Å². The van der Waals surface area contributed by atoms with Crippen LogP contribution in [-0.4, -0.2) is 61.8 Å². The second kappa shape index (κ2) is 9.93. The second-order valence-corrected chi connectivity index (χ2v) is 6.36. The molecule has 2 aliphatic heterocycles. The van der Waals surface area contributed by atoms with Gasteiger partial charge in [-0.05, 0) is 46.6 Å². The number of aliphatic imine (C=N–C) groups is 1. The molecule has 2 bridgehead atoms. The van der Waals surface area contributed by atoms with Gasteiger partial charge in [0.2, 0.25) is 0 Å². The van der Waals surface area contributed by atoms with Crippen molar-refractivity contribution in [2.45, 2.75) is 70.7 Å². The molecule has 0 aromatic rings. The maximum absolute atomic E-state index is 5.90. The lowest BCUT2D eigenvalue weighted by molar-refractivity contribution is 0.0992. The van der Waals surface area contributed by atoms with Crippen LogP contribution in [0.2, 0.25) is 0 Å². The molecule has 4 unspecified atom stereocenters. The largest absolute Gasteiger partial charge is 0.373 e. The number of rotatable bonds is 7. The highest BCUT2D eigenvalue weighted by atomic mass is 127. The van der Waals surface area contributed by atoms with Crippen LogP contribution in [-0.2, 0) is 4.74 Å². The minimum absolute atomic E-state index is 0. The third-order valence-corrected chi connectivity index (χ3v) is 4.84. The van der Waals surface area contributed by atoms with Crippen molar-refractivity contribution >= 4 is 29.9 Å². The molecule has 2 rings (SSSR count). The molecule has 5 nitrogen and oxygen atoms in total. The lowest BCUT2D eigenvalue weighted by atomic mass is 9.96. The van der Waals surface area contributed by atoms with Gasteiger partial charge in [-0.3, -0.25) is 4.99 Å². The summed E-state index contributed by atoms with van der Waals surface area (Å²) < 4.78 is 5.90. The van der Waals surface area contributed by atoms with Crippen LogP contribution in [0.5, 0.6) is 0 Å². The first-order valence-corrected chi connectivity index (χ1v) is 8.54. The van der Waals surface area contributed by atoms with E-state index in [0.29, 0.717) is 24.3 Å². The van der Waals surface area contributed by atoms with Gasteiger partial charge in [0.1, 0.15) is 0 Å². The van der Waals surface area contributed by atoms with Crippen molar-refractivity contribution in [3.8, 4) is 0 Å². The molecule has 2 N–H and O–H groups in total. The number of halogens is 1. The van der Waals surface area contributed by atoms with Gasteiger partial charge in [-0.1, -0.05) is 6.92 Å². The number of hydrogen-bond donors (Lipinski definition) is 2. The predicted molar refractivity (Wildman–Crippen MR) is 103 cm³/mol. The summed E-state index contributed by atoms with van der Waals surface area (Å²) in [7, 11) is 2.17. The van der Waals surface area contributed by atoms with Crippen LogP contribution in [0.3, 0.4) is 0 Å². The van der Waals surface area contributed by atoms with E-state index in [1.165, 1.54) is 19.3 Å². The van der Waals surface area contributed by atoms with E-state index in [1.807, 2.05) is 0 Å². The van der Waals surface area contributed by atoms with Gasteiger partial charge in [0.15, 0.2) is 5.96 Å². The minimum atomic E-state index is 0. The van der Waals surface area contributed by atoms with Gasteiger partial charge >= 0.3 is 0 Å². The summed E-state index contributed by atoms with van der Waals surface area (Å²) in [5.41, 5.74) is 0. The molecule has 6 heteroatoms. The predicted octanol–water partition coefficient (Wildman–Crippen LogP) is 2.21. The quantitative estimate of drug-likeness (QED) is 0.374. The van der Waals surface area contributed by atoms with Crippen molar-refractivity contribution in [2.75, 3.05) is 26.7 Å². The van der Waals surface area contributed by atoms with Crippen LogP contribution in [0.1, 0.15) is 46.5 Å². The molecule has 0 amide bonds. The third kappa shape index (κ3) is 5.53. The SMILES string of the molecule is CCNC(=NCCN(C)C(C)CC)NC1CC2CCC1O2.I. The molecule has 2 fully saturated rings. The van der Waals surface area contributed by atoms with Crippen molar-refractivity contribution < 1.29 is 4.74 Å². The topological polar surface area (TPSA) is 48.9 Å². The van der Waals surface area contributed by atoms with Gasteiger partial charge in [0.05, 0.1) is 24.8 Å². The number of fused-ring (bicyclic) bond motifs is 2. The summed E-state index contributed by atoms with van der Waals surface area (Å²) >= 11 is 0. The Kier molecular flexibility index (Phi) is 9.01. The Balaban J connectivity index is 0.00000242. The summed E-state index contributed by atoms with van der Waals surface area (Å²) in [6, 6.07) is 1.06. The molecule has 2 heterocycles. The molecule has 4 atom stereocenters. The smallest absolute Gasteiger partial charge is 0.191 e. The molecule has 0 radical (unpaired) electrons. The average Bonchev–Trinajstić information content (AvgIpc) is 3.09. The second-order valence-electron chi connectivity index (χ2n) is 6.36. The molecule has 130 valence electrons. The van der Waals surface area contributed by atoms with E-state index >= 15 is 0 Å². The number of likely N-dealkylation sites (N-methyl/N-ethyl adjacent to an activating group) is 1. The molecule has 2 saturated heterocycles. The summed E-state index contributed by atoms with van der Waals surface area (Å²) in [4.78, 5) is 7.08. The first-order valence-electron chi connectivity index (χ1n) is 8.54. The maximum Gasteiger partial charge on any atom is 0.191 e. The molecule has 22 heavy (non-hydrogen) atoms. The van der Waals surface area contributed by atoms with Crippen LogP contribution < -0.4 is 10.6 Å². The monoisotopic (exact) mass is 424 g/mol. The van der Waals surface area contributed by atoms with Gasteiger partial charge in [-0.25, -0.2) is 0 Å². The Morgan fingerprint density at radius 3 is 2.68 bits per heavy atom. The first kappa shape index (κ1) is 20.0. The Bertz CT molecular complexity index is 353. The zero-order chi connectivity index (χ0) is 15.2. The van der Waals surface area contributed by atoms with Crippen LogP contribution in [0.25, 0.3) is 0 Å². The number of nitrogens with zero attached hydrogens (tertiary/aromatic N) is 2. The van der Waals surface area contributed by atoms with E-state index in [0.717, 1.165) is 32.0 Å². The average molecular weight is 424 g/mol. The molecule has 0 spiro atoms. The molecule has 0 aromatic carbocycles. The van der Waals surface area contributed by atoms with E-state index < -0.39 is 0 Å². The molecule has 2 aliphatic rings. The van der Waals surface area contributed by atoms with Crippen LogP contribution in [0.4, 0.5) is 0 Å². The maximum atomic E-state index is 5.90. The van der Waals surface area contributed by atoms with Crippen LogP contribution >= 0.6 is 24.0 Å². The Morgan fingerprint density at radius 1 is 1.36 bits per heavy atom. The van der Waals surface area contributed by atoms with E-state index in [9.17, 15) is 0 Å². The van der Waals surface area contributed by atoms with Gasteiger partial charge in [-0.15, -0.1) is 24.0 Å². The van der Waals surface area contributed by atoms with Crippen molar-refractivity contribution in [3.63, 3.8) is 0 Å². The summed E-state index contributed by atoms with van der Waals surface area (Å²) in [5, 5.41) is 6.91. The zero-order valence-corrected chi connectivity index (χ0v) is 16.8. The van der Waals surface area contributed by atoms with E-state index in [2.05, 4.69) is 43.4 Å². The first-order chi connectivity index (χ1) is 10.1. The van der Waals surface area contributed by atoms with Gasteiger partial charge in [0, 0.05) is 19.1 Å². The molecule has 0 aromatic heterocycles. The van der Waals surface area contributed by atoms with E-state index in [-0.39, 0.29) is 24.0 Å². The van der Waals surface area contributed by atoms with Crippen molar-refractivity contribution in [1.29, 1.82) is 0 Å². The fourth-order valence-corrected chi connectivity index (χ4v) is 3.14. The number of ether oxygens (including phenoxy) is 1. The minimum Gasteiger partial charge on any atom is -0.373 e. The summed E-state index contributed by atoms with van der Waals surface area (Å²) in [5.74, 6) is 0.941. The number of nitrogens with one attached hydrogen (secondary N) is 2. The number of hydrogen-bond acceptors (Lipinski definition) is 3. The molecule has 0 aliphatic carbocycles. The standard InChI is InChI=1S/C16H32N4O.HI/c1-5-12(3)20(4)10-9-18-16(17-6-2)19-14-11-13-7-8-15(14)21-13;/h12-15H,5-11H2,1-4H3,(H2,17,18,19);1H. The van der Waals surface area contributed by atoms with Gasteiger partial charge in [-0.2, -0.15) is 0 Å². The van der Waals surface area contributed by atoms with Crippen molar-refractivity contribution in [1.82, 2.24) is 15.5 Å². The lowest BCUT2D eigenvalue weighted by Gasteiger charge is -2.24. The molecular formula is C16H33IN4O. The van der Waals surface area contributed by atoms with Crippen LogP contribution in [0.15, 0.2) is 4.99 Å². The van der Waals surface area contributed by atoms with Crippen LogP contribution in [0, 0.1) is 0 Å². The Hall–Kier alpha value is -0.0800. The highest BCUT2D eigenvalue weighted by Crippen LogP contribution is 2.34. The number of guanidine groups is 1. The summed E-state index contributed by atoms with van der Waals surface area (Å²) in [6.07, 6.45) is 5.60. The van der Waals surface area contributed by atoms with Crippen molar-refractivity contribution in [3.05, 3.63) is 0 Å². The van der Waals surface area contributed by atoms with E-state index in [4.69, 9.17) is 9.73 Å². The molecule has 0 saturated carbocycles. The lowest BCUT2D eigenvalue weighted by Crippen LogP contribution is -2.47. The third-order valence-electron chi connectivity index (χ3n) is 4.84. The molecular weight excluding hydrogens is 391 g/mol. The van der Waals surface area contributed by atoms with Crippen molar-refractivity contribution in [2.24, 2.45) is 4.99 Å². The highest BCUT2D eigenvalue weighted by Gasteiger charge is 2.41.